The zero-order chi connectivity index (χ0) is 16.4. The van der Waals surface area contributed by atoms with Crippen LogP contribution >= 0.6 is 0 Å². The Morgan fingerprint density at radius 1 is 1.04 bits per heavy atom. The predicted molar refractivity (Wildman–Crippen MR) is 94.8 cm³/mol. The van der Waals surface area contributed by atoms with Gasteiger partial charge in [-0.05, 0) is 48.2 Å². The number of anilines is 1. The van der Waals surface area contributed by atoms with Crippen LogP contribution in [0.5, 0.6) is 0 Å². The third-order valence-corrected chi connectivity index (χ3v) is 3.79. The van der Waals surface area contributed by atoms with Gasteiger partial charge in [0, 0.05) is 18.1 Å². The third kappa shape index (κ3) is 3.16. The van der Waals surface area contributed by atoms with E-state index in [1.807, 2.05) is 61.3 Å². The van der Waals surface area contributed by atoms with Gasteiger partial charge < -0.3 is 10.6 Å². The summed E-state index contributed by atoms with van der Waals surface area (Å²) in [5, 5.41) is 1.67. The minimum atomic E-state index is -0.286. The fourth-order valence-corrected chi connectivity index (χ4v) is 2.49. The van der Waals surface area contributed by atoms with Crippen molar-refractivity contribution in [1.29, 1.82) is 0 Å². The maximum atomic E-state index is 13.5. The van der Waals surface area contributed by atoms with Crippen molar-refractivity contribution in [2.45, 2.75) is 6.92 Å². The summed E-state index contributed by atoms with van der Waals surface area (Å²) in [7, 11) is 1.86. The van der Waals surface area contributed by atoms with Crippen LogP contribution in [0.1, 0.15) is 5.56 Å². The number of halogens is 1. The maximum Gasteiger partial charge on any atom is 0.200 e. The molecule has 3 aromatic carbocycles. The maximum absolute atomic E-state index is 13.5. The van der Waals surface area contributed by atoms with E-state index in [-0.39, 0.29) is 5.82 Å². The van der Waals surface area contributed by atoms with Crippen LogP contribution in [0.2, 0.25) is 0 Å². The molecule has 0 fully saturated rings. The quantitative estimate of drug-likeness (QED) is 0.564. The molecule has 23 heavy (non-hydrogen) atoms. The molecule has 3 aromatic rings. The van der Waals surface area contributed by atoms with Gasteiger partial charge in [0.2, 0.25) is 5.96 Å². The largest absolute Gasteiger partial charge is 0.369 e. The Hall–Kier alpha value is -2.88. The second-order valence-electron chi connectivity index (χ2n) is 5.51. The number of benzene rings is 3. The highest BCUT2D eigenvalue weighted by Crippen LogP contribution is 2.27. The zero-order valence-electron chi connectivity index (χ0n) is 13.1. The fourth-order valence-electron chi connectivity index (χ4n) is 2.49. The Morgan fingerprint density at radius 2 is 1.83 bits per heavy atom. The molecule has 2 N–H and O–H groups in total. The van der Waals surface area contributed by atoms with Crippen molar-refractivity contribution >= 4 is 28.1 Å². The molecule has 4 heteroatoms. The molecule has 3 nitrogen and oxygen atoms in total. The first-order valence-electron chi connectivity index (χ1n) is 7.37. The van der Waals surface area contributed by atoms with E-state index in [4.69, 9.17) is 5.73 Å². The minimum absolute atomic E-state index is 0.286. The zero-order valence-corrected chi connectivity index (χ0v) is 13.1. The highest BCUT2D eigenvalue weighted by molar-refractivity contribution is 6.00. The number of nitrogens with two attached hydrogens (primary N) is 1. The number of hydrogen-bond donors (Lipinski definition) is 1. The summed E-state index contributed by atoms with van der Waals surface area (Å²) in [6, 6.07) is 18.3. The van der Waals surface area contributed by atoms with Crippen LogP contribution in [0.25, 0.3) is 10.8 Å². The molecule has 0 saturated carbocycles. The van der Waals surface area contributed by atoms with Crippen molar-refractivity contribution < 1.29 is 4.39 Å². The van der Waals surface area contributed by atoms with Gasteiger partial charge >= 0.3 is 0 Å². The Bertz CT molecular complexity index is 887. The molecule has 0 aliphatic heterocycles. The van der Waals surface area contributed by atoms with Gasteiger partial charge in [0.15, 0.2) is 0 Å². The third-order valence-electron chi connectivity index (χ3n) is 3.79. The lowest BCUT2D eigenvalue weighted by atomic mass is 10.1. The van der Waals surface area contributed by atoms with Gasteiger partial charge in [-0.2, -0.15) is 0 Å². The van der Waals surface area contributed by atoms with Gasteiger partial charge in [0.05, 0.1) is 5.69 Å². The van der Waals surface area contributed by atoms with E-state index in [1.54, 1.807) is 6.07 Å². The highest BCUT2D eigenvalue weighted by Gasteiger charge is 2.07. The van der Waals surface area contributed by atoms with E-state index in [0.717, 1.165) is 22.0 Å². The van der Waals surface area contributed by atoms with Crippen LogP contribution in [0.3, 0.4) is 0 Å². The van der Waals surface area contributed by atoms with E-state index in [2.05, 4.69) is 4.99 Å². The summed E-state index contributed by atoms with van der Waals surface area (Å²) in [5.41, 5.74) is 8.90. The van der Waals surface area contributed by atoms with Crippen molar-refractivity contribution in [3.63, 3.8) is 0 Å². The van der Waals surface area contributed by atoms with Crippen LogP contribution in [0.4, 0.5) is 15.8 Å². The number of nitrogens with zero attached hydrogens (tertiary/aromatic N) is 2. The smallest absolute Gasteiger partial charge is 0.200 e. The summed E-state index contributed by atoms with van der Waals surface area (Å²) >= 11 is 0. The number of hydrogen-bond acceptors (Lipinski definition) is 1. The molecular formula is C19H18FN3. The molecule has 3 rings (SSSR count). The van der Waals surface area contributed by atoms with Crippen molar-refractivity contribution in [2.75, 3.05) is 11.9 Å². The molecule has 0 atom stereocenters. The molecule has 0 aliphatic rings. The van der Waals surface area contributed by atoms with E-state index in [9.17, 15) is 4.39 Å². The summed E-state index contributed by atoms with van der Waals surface area (Å²) in [6.45, 7) is 2.03. The first kappa shape index (κ1) is 15.0. The molecule has 0 spiro atoms. The van der Waals surface area contributed by atoms with Gasteiger partial charge in [-0.15, -0.1) is 0 Å². The Labute approximate surface area is 134 Å². The van der Waals surface area contributed by atoms with Crippen LogP contribution < -0.4 is 10.6 Å². The Kier molecular flexibility index (Phi) is 3.98. The van der Waals surface area contributed by atoms with E-state index < -0.39 is 0 Å². The van der Waals surface area contributed by atoms with E-state index >= 15 is 0 Å². The second-order valence-corrected chi connectivity index (χ2v) is 5.51. The second kappa shape index (κ2) is 6.08. The van der Waals surface area contributed by atoms with Gasteiger partial charge in [-0.3, -0.25) is 0 Å². The molecule has 0 amide bonds. The monoisotopic (exact) mass is 307 g/mol. The molecule has 0 aromatic heterocycles. The van der Waals surface area contributed by atoms with Crippen molar-refractivity contribution in [1.82, 2.24) is 0 Å². The molecule has 0 unspecified atom stereocenters. The number of rotatable bonds is 2. The summed E-state index contributed by atoms with van der Waals surface area (Å²) in [4.78, 5) is 6.30. The molecule has 0 aliphatic carbocycles. The fraction of sp³-hybridized carbons (Fsp3) is 0.105. The van der Waals surface area contributed by atoms with Crippen LogP contribution in [-0.4, -0.2) is 13.0 Å². The van der Waals surface area contributed by atoms with Gasteiger partial charge in [-0.1, -0.05) is 30.3 Å². The van der Waals surface area contributed by atoms with Crippen molar-refractivity contribution in [3.8, 4) is 0 Å². The van der Waals surface area contributed by atoms with Crippen LogP contribution in [0.15, 0.2) is 65.7 Å². The Morgan fingerprint density at radius 3 is 2.61 bits per heavy atom. The molecular weight excluding hydrogens is 289 g/mol. The molecule has 0 bridgehead atoms. The number of guanidine groups is 1. The number of fused-ring (bicyclic) bond motifs is 1. The molecule has 0 heterocycles. The van der Waals surface area contributed by atoms with Crippen molar-refractivity contribution in [3.05, 3.63) is 72.0 Å². The topological polar surface area (TPSA) is 41.6 Å². The average Bonchev–Trinajstić information content (AvgIpc) is 2.54. The van der Waals surface area contributed by atoms with Gasteiger partial charge in [-0.25, -0.2) is 9.38 Å². The minimum Gasteiger partial charge on any atom is -0.369 e. The lowest BCUT2D eigenvalue weighted by Gasteiger charge is -2.18. The predicted octanol–water partition coefficient (Wildman–Crippen LogP) is 4.37. The number of aliphatic imine (C=N–C) groups is 1. The number of aryl methyl sites for hydroxylation is 1. The normalized spacial score (nSPS) is 11.7. The molecule has 116 valence electrons. The van der Waals surface area contributed by atoms with Gasteiger partial charge in [0.1, 0.15) is 5.82 Å². The lowest BCUT2D eigenvalue weighted by molar-refractivity contribution is 0.630. The first-order chi connectivity index (χ1) is 11.0. The van der Waals surface area contributed by atoms with Crippen LogP contribution in [0, 0.1) is 12.7 Å². The SMILES string of the molecule is Cc1cccc(N(C)C(N)=Nc2cccc3ccc(F)cc23)c1. The van der Waals surface area contributed by atoms with Crippen LogP contribution in [-0.2, 0) is 0 Å². The average molecular weight is 307 g/mol. The first-order valence-corrected chi connectivity index (χ1v) is 7.37. The summed E-state index contributed by atoms with van der Waals surface area (Å²) in [6.07, 6.45) is 0. The molecule has 0 radical (unpaired) electrons. The standard InChI is InChI=1S/C19H18FN3/c1-13-5-3-7-16(11-13)23(2)19(21)22-18-8-4-6-14-9-10-15(20)12-17(14)18/h3-12H,1-2H3,(H2,21,22). The van der Waals surface area contributed by atoms with E-state index in [1.165, 1.54) is 12.1 Å². The Balaban J connectivity index is 2.02. The van der Waals surface area contributed by atoms with Crippen molar-refractivity contribution in [2.24, 2.45) is 10.7 Å². The highest BCUT2D eigenvalue weighted by atomic mass is 19.1. The van der Waals surface area contributed by atoms with E-state index in [0.29, 0.717) is 11.6 Å². The van der Waals surface area contributed by atoms with Gasteiger partial charge in [0.25, 0.3) is 0 Å². The lowest BCUT2D eigenvalue weighted by Crippen LogP contribution is -2.33. The summed E-state index contributed by atoms with van der Waals surface area (Å²) in [5.74, 6) is 0.0677. The summed E-state index contributed by atoms with van der Waals surface area (Å²) < 4.78 is 13.5. The molecule has 0 saturated heterocycles.